The average Bonchev–Trinajstić information content (AvgIpc) is 3.19. The Morgan fingerprint density at radius 1 is 1.14 bits per heavy atom. The number of carbonyl (C=O) groups excluding carboxylic acids is 1. The Labute approximate surface area is 171 Å². The molecular formula is C23H27NO5. The van der Waals surface area contributed by atoms with Crippen molar-refractivity contribution >= 4 is 5.91 Å². The normalized spacial score (nSPS) is 20.4. The number of ether oxygens (including phenoxy) is 4. The third kappa shape index (κ3) is 4.42. The summed E-state index contributed by atoms with van der Waals surface area (Å²) in [5.74, 6) is 2.83. The highest BCUT2D eigenvalue weighted by molar-refractivity contribution is 5.78. The fourth-order valence-corrected chi connectivity index (χ4v) is 4.19. The van der Waals surface area contributed by atoms with E-state index < -0.39 is 0 Å². The zero-order valence-electron chi connectivity index (χ0n) is 17.0. The highest BCUT2D eigenvalue weighted by Crippen LogP contribution is 2.37. The van der Waals surface area contributed by atoms with Gasteiger partial charge in [-0.05, 0) is 54.5 Å². The van der Waals surface area contributed by atoms with Crippen molar-refractivity contribution in [3.05, 3.63) is 48.0 Å². The van der Waals surface area contributed by atoms with Gasteiger partial charge in [0.2, 0.25) is 6.79 Å². The maximum Gasteiger partial charge on any atom is 0.260 e. The molecule has 1 atom stereocenters. The summed E-state index contributed by atoms with van der Waals surface area (Å²) in [6.07, 6.45) is 2.96. The number of fused-ring (bicyclic) bond motifs is 1. The summed E-state index contributed by atoms with van der Waals surface area (Å²) in [5, 5.41) is 0. The minimum absolute atomic E-state index is 0.00696. The third-order valence-corrected chi connectivity index (χ3v) is 5.62. The molecule has 2 heterocycles. The van der Waals surface area contributed by atoms with Crippen LogP contribution < -0.4 is 18.9 Å². The molecule has 1 saturated heterocycles. The van der Waals surface area contributed by atoms with Gasteiger partial charge in [0.25, 0.3) is 5.91 Å². The molecular weight excluding hydrogens is 370 g/mol. The first-order valence-corrected chi connectivity index (χ1v) is 9.98. The van der Waals surface area contributed by atoms with Crippen LogP contribution >= 0.6 is 0 Å². The maximum absolute atomic E-state index is 12.8. The molecule has 4 rings (SSSR count). The van der Waals surface area contributed by atoms with Gasteiger partial charge in [-0.3, -0.25) is 4.79 Å². The number of hydrogen-bond acceptors (Lipinski definition) is 5. The largest absolute Gasteiger partial charge is 0.493 e. The molecule has 0 N–H and O–H groups in total. The topological polar surface area (TPSA) is 57.2 Å². The van der Waals surface area contributed by atoms with Gasteiger partial charge in [0, 0.05) is 13.1 Å². The number of benzene rings is 2. The molecule has 2 aliphatic heterocycles. The van der Waals surface area contributed by atoms with Gasteiger partial charge in [0.05, 0.1) is 7.11 Å². The van der Waals surface area contributed by atoms with E-state index >= 15 is 0 Å². The van der Waals surface area contributed by atoms with Crippen molar-refractivity contribution in [1.82, 2.24) is 4.90 Å². The lowest BCUT2D eigenvalue weighted by Gasteiger charge is -2.40. The number of hydrogen-bond donors (Lipinski definition) is 0. The number of piperidine rings is 1. The summed E-state index contributed by atoms with van der Waals surface area (Å²) >= 11 is 0. The quantitative estimate of drug-likeness (QED) is 0.744. The molecule has 2 aromatic rings. The monoisotopic (exact) mass is 397 g/mol. The van der Waals surface area contributed by atoms with Crippen molar-refractivity contribution in [3.63, 3.8) is 0 Å². The molecule has 0 aliphatic carbocycles. The second kappa shape index (κ2) is 8.23. The van der Waals surface area contributed by atoms with Crippen LogP contribution in [0.15, 0.2) is 42.5 Å². The van der Waals surface area contributed by atoms with Crippen molar-refractivity contribution in [2.24, 2.45) is 5.41 Å². The Morgan fingerprint density at radius 3 is 2.76 bits per heavy atom. The van der Waals surface area contributed by atoms with Crippen molar-refractivity contribution in [1.29, 1.82) is 0 Å². The predicted octanol–water partition coefficient (Wildman–Crippen LogP) is 3.67. The molecule has 29 heavy (non-hydrogen) atoms. The number of methoxy groups -OCH3 is 1. The van der Waals surface area contributed by atoms with E-state index in [1.165, 1.54) is 5.56 Å². The first-order valence-electron chi connectivity index (χ1n) is 9.98. The highest BCUT2D eigenvalue weighted by Gasteiger charge is 2.33. The standard InChI is InChI=1S/C23H27NO5/c1-23(13-17-8-9-20-21(12-17)29-16-28-20)10-5-11-24(15-23)22(25)14-27-19-7-4-3-6-18(19)26-2/h3-4,6-9,12H,5,10-11,13-16H2,1-2H3/t23-/m1/s1. The number of rotatable bonds is 6. The van der Waals surface area contributed by atoms with Gasteiger partial charge in [-0.1, -0.05) is 25.1 Å². The molecule has 1 fully saturated rings. The van der Waals surface area contributed by atoms with Gasteiger partial charge in [-0.2, -0.15) is 0 Å². The molecule has 2 aromatic carbocycles. The Balaban J connectivity index is 1.37. The van der Waals surface area contributed by atoms with Crippen LogP contribution in [0.2, 0.25) is 0 Å². The molecule has 6 nitrogen and oxygen atoms in total. The predicted molar refractivity (Wildman–Crippen MR) is 109 cm³/mol. The van der Waals surface area contributed by atoms with E-state index in [1.54, 1.807) is 7.11 Å². The molecule has 1 amide bonds. The molecule has 6 heteroatoms. The maximum atomic E-state index is 12.8. The molecule has 154 valence electrons. The molecule has 0 unspecified atom stereocenters. The summed E-state index contributed by atoms with van der Waals surface area (Å²) in [7, 11) is 1.59. The Hall–Kier alpha value is -2.89. The van der Waals surface area contributed by atoms with Gasteiger partial charge in [-0.25, -0.2) is 0 Å². The summed E-state index contributed by atoms with van der Waals surface area (Å²) in [6, 6.07) is 13.5. The second-order valence-corrected chi connectivity index (χ2v) is 8.03. The van der Waals surface area contributed by atoms with Gasteiger partial charge in [0.15, 0.2) is 29.6 Å². The van der Waals surface area contributed by atoms with E-state index in [1.807, 2.05) is 35.2 Å². The number of nitrogens with zero attached hydrogens (tertiary/aromatic N) is 1. The minimum Gasteiger partial charge on any atom is -0.493 e. The van der Waals surface area contributed by atoms with E-state index in [0.717, 1.165) is 43.9 Å². The minimum atomic E-state index is 0.00696. The molecule has 0 aromatic heterocycles. The van der Waals surface area contributed by atoms with Crippen LogP contribution in [-0.4, -0.2) is 44.4 Å². The van der Waals surface area contributed by atoms with Crippen molar-refractivity contribution in [2.45, 2.75) is 26.2 Å². The average molecular weight is 397 g/mol. The highest BCUT2D eigenvalue weighted by atomic mass is 16.7. The van der Waals surface area contributed by atoms with E-state index in [9.17, 15) is 4.79 Å². The fourth-order valence-electron chi connectivity index (χ4n) is 4.19. The molecule has 2 aliphatic rings. The van der Waals surface area contributed by atoms with Gasteiger partial charge in [-0.15, -0.1) is 0 Å². The number of likely N-dealkylation sites (tertiary alicyclic amines) is 1. The number of para-hydroxylation sites is 2. The van der Waals surface area contributed by atoms with Crippen LogP contribution in [-0.2, 0) is 11.2 Å². The zero-order chi connectivity index (χ0) is 20.3. The van der Waals surface area contributed by atoms with Crippen LogP contribution in [0.4, 0.5) is 0 Å². The molecule has 0 bridgehead atoms. The zero-order valence-corrected chi connectivity index (χ0v) is 17.0. The van der Waals surface area contributed by atoms with Crippen LogP contribution in [0.25, 0.3) is 0 Å². The summed E-state index contributed by atoms with van der Waals surface area (Å²) < 4.78 is 21.9. The van der Waals surface area contributed by atoms with Crippen molar-refractivity contribution < 1.29 is 23.7 Å². The number of amides is 1. The van der Waals surface area contributed by atoms with Crippen LogP contribution in [0, 0.1) is 5.41 Å². The fraction of sp³-hybridized carbons (Fsp3) is 0.435. The SMILES string of the molecule is COc1ccccc1OCC(=O)N1CCC[C@](C)(Cc2ccc3c(c2)OCO3)C1. The smallest absolute Gasteiger partial charge is 0.260 e. The molecule has 0 spiro atoms. The molecule has 0 radical (unpaired) electrons. The van der Waals surface area contributed by atoms with E-state index in [-0.39, 0.29) is 24.7 Å². The van der Waals surface area contributed by atoms with Crippen LogP contribution in [0.1, 0.15) is 25.3 Å². The Kier molecular flexibility index (Phi) is 5.51. The van der Waals surface area contributed by atoms with Crippen molar-refractivity contribution in [3.8, 4) is 23.0 Å². The lowest BCUT2D eigenvalue weighted by Crippen LogP contribution is -2.47. The lowest BCUT2D eigenvalue weighted by molar-refractivity contribution is -0.136. The third-order valence-electron chi connectivity index (χ3n) is 5.62. The van der Waals surface area contributed by atoms with Crippen molar-refractivity contribution in [2.75, 3.05) is 33.6 Å². The van der Waals surface area contributed by atoms with Gasteiger partial charge < -0.3 is 23.8 Å². The van der Waals surface area contributed by atoms with Gasteiger partial charge >= 0.3 is 0 Å². The summed E-state index contributed by atoms with van der Waals surface area (Å²) in [4.78, 5) is 14.7. The summed E-state index contributed by atoms with van der Waals surface area (Å²) in [6.45, 7) is 4.03. The van der Waals surface area contributed by atoms with E-state index in [2.05, 4.69) is 19.1 Å². The van der Waals surface area contributed by atoms with E-state index in [0.29, 0.717) is 11.5 Å². The lowest BCUT2D eigenvalue weighted by atomic mass is 9.77. The van der Waals surface area contributed by atoms with Crippen LogP contribution in [0.5, 0.6) is 23.0 Å². The van der Waals surface area contributed by atoms with Gasteiger partial charge in [0.1, 0.15) is 0 Å². The van der Waals surface area contributed by atoms with E-state index in [4.69, 9.17) is 18.9 Å². The number of carbonyl (C=O) groups is 1. The first-order chi connectivity index (χ1) is 14.1. The first kappa shape index (κ1) is 19.4. The summed E-state index contributed by atoms with van der Waals surface area (Å²) in [5.41, 5.74) is 1.22. The second-order valence-electron chi connectivity index (χ2n) is 8.03. The Morgan fingerprint density at radius 2 is 1.93 bits per heavy atom. The molecule has 0 saturated carbocycles. The Bertz CT molecular complexity index is 883. The van der Waals surface area contributed by atoms with Crippen LogP contribution in [0.3, 0.4) is 0 Å².